The summed E-state index contributed by atoms with van der Waals surface area (Å²) in [5.41, 5.74) is -1.04. The Balaban J connectivity index is 2.13. The van der Waals surface area contributed by atoms with Crippen molar-refractivity contribution in [2.24, 2.45) is 0 Å². The van der Waals surface area contributed by atoms with E-state index >= 15 is 0 Å². The molecule has 8 heteroatoms. The van der Waals surface area contributed by atoms with Gasteiger partial charge < -0.3 is 10.2 Å². The van der Waals surface area contributed by atoms with Gasteiger partial charge in [0.1, 0.15) is 35.5 Å². The Morgan fingerprint density at radius 3 is 2.20 bits per heavy atom. The van der Waals surface area contributed by atoms with Crippen LogP contribution in [0, 0.1) is 23.3 Å². The van der Waals surface area contributed by atoms with Crippen LogP contribution in [0.25, 0.3) is 0 Å². The number of nitrogens with one attached hydrogen (secondary N) is 1. The normalized spacial score (nSPS) is 10.4. The summed E-state index contributed by atoms with van der Waals surface area (Å²) in [6, 6.07) is 5.50. The van der Waals surface area contributed by atoms with Gasteiger partial charge in [-0.1, -0.05) is 6.07 Å². The molecule has 0 unspecified atom stereocenters. The van der Waals surface area contributed by atoms with E-state index in [-0.39, 0.29) is 6.54 Å². The van der Waals surface area contributed by atoms with Crippen molar-refractivity contribution in [1.82, 2.24) is 4.90 Å². The van der Waals surface area contributed by atoms with Crippen LogP contribution in [0.5, 0.6) is 0 Å². The summed E-state index contributed by atoms with van der Waals surface area (Å²) >= 11 is 0. The summed E-state index contributed by atoms with van der Waals surface area (Å²) in [6.07, 6.45) is 0. The quantitative estimate of drug-likeness (QED) is 0.838. The van der Waals surface area contributed by atoms with Crippen molar-refractivity contribution in [3.8, 4) is 0 Å². The third kappa shape index (κ3) is 4.34. The van der Waals surface area contributed by atoms with E-state index in [0.29, 0.717) is 6.07 Å². The van der Waals surface area contributed by atoms with Crippen molar-refractivity contribution in [1.29, 1.82) is 0 Å². The minimum atomic E-state index is -1.07. The molecule has 2 amide bonds. The van der Waals surface area contributed by atoms with Gasteiger partial charge in [0.25, 0.3) is 5.91 Å². The lowest BCUT2D eigenvalue weighted by molar-refractivity contribution is -0.116. The second-order valence-electron chi connectivity index (χ2n) is 5.09. The van der Waals surface area contributed by atoms with Gasteiger partial charge in [-0.2, -0.15) is 0 Å². The standard InChI is InChI=1S/C17H14F4N2O2/c1-2-23(17(25)11-7-6-10(18)8-14(11)21)9-15(24)22-16-12(19)4-3-5-13(16)20/h3-8H,2,9H2,1H3,(H,22,24). The number of halogens is 4. The molecule has 1 N–H and O–H groups in total. The first-order chi connectivity index (χ1) is 11.8. The topological polar surface area (TPSA) is 49.4 Å². The van der Waals surface area contributed by atoms with Crippen molar-refractivity contribution >= 4 is 17.5 Å². The molecule has 0 radical (unpaired) electrons. The maximum Gasteiger partial charge on any atom is 0.257 e. The summed E-state index contributed by atoms with van der Waals surface area (Å²) in [5, 5.41) is 2.04. The van der Waals surface area contributed by atoms with Crippen LogP contribution < -0.4 is 5.32 Å². The summed E-state index contributed by atoms with van der Waals surface area (Å²) in [4.78, 5) is 25.2. The zero-order chi connectivity index (χ0) is 18.6. The van der Waals surface area contributed by atoms with Crippen molar-refractivity contribution in [2.45, 2.75) is 6.92 Å². The molecule has 0 atom stereocenters. The van der Waals surface area contributed by atoms with Crippen molar-refractivity contribution in [2.75, 3.05) is 18.4 Å². The van der Waals surface area contributed by atoms with Crippen LogP contribution in [0.2, 0.25) is 0 Å². The van der Waals surface area contributed by atoms with Gasteiger partial charge in [-0.25, -0.2) is 17.6 Å². The van der Waals surface area contributed by atoms with Gasteiger partial charge in [0.2, 0.25) is 5.91 Å². The van der Waals surface area contributed by atoms with Gasteiger partial charge in [0.05, 0.1) is 5.56 Å². The highest BCUT2D eigenvalue weighted by molar-refractivity contribution is 5.99. The number of amides is 2. The first kappa shape index (κ1) is 18.4. The highest BCUT2D eigenvalue weighted by Gasteiger charge is 2.22. The van der Waals surface area contributed by atoms with E-state index in [0.717, 1.165) is 35.2 Å². The molecule has 0 aliphatic heterocycles. The highest BCUT2D eigenvalue weighted by Crippen LogP contribution is 2.18. The number of carbonyl (C=O) groups excluding carboxylic acids is 2. The Kier molecular flexibility index (Phi) is 5.74. The van der Waals surface area contributed by atoms with E-state index in [1.165, 1.54) is 6.92 Å². The van der Waals surface area contributed by atoms with Gasteiger partial charge in [-0.15, -0.1) is 0 Å². The van der Waals surface area contributed by atoms with E-state index in [1.807, 2.05) is 5.32 Å². The molecular weight excluding hydrogens is 340 g/mol. The van der Waals surface area contributed by atoms with Crippen LogP contribution in [0.15, 0.2) is 36.4 Å². The second kappa shape index (κ2) is 7.78. The van der Waals surface area contributed by atoms with Gasteiger partial charge in [-0.05, 0) is 31.2 Å². The Morgan fingerprint density at radius 2 is 1.64 bits per heavy atom. The smallest absolute Gasteiger partial charge is 0.257 e. The van der Waals surface area contributed by atoms with Gasteiger partial charge in [0.15, 0.2) is 0 Å². The fourth-order valence-corrected chi connectivity index (χ4v) is 2.13. The summed E-state index contributed by atoms with van der Waals surface area (Å²) < 4.78 is 53.7. The molecule has 0 spiro atoms. The molecule has 2 aromatic carbocycles. The molecule has 0 aliphatic rings. The molecule has 0 fully saturated rings. The number of benzene rings is 2. The number of para-hydroxylation sites is 1. The number of nitrogens with zero attached hydrogens (tertiary/aromatic N) is 1. The molecule has 0 heterocycles. The number of likely N-dealkylation sites (N-methyl/N-ethyl adjacent to an activating group) is 1. The van der Waals surface area contributed by atoms with E-state index in [2.05, 4.69) is 0 Å². The molecule has 0 aromatic heterocycles. The monoisotopic (exact) mass is 354 g/mol. The fraction of sp³-hybridized carbons (Fsp3) is 0.176. The predicted octanol–water partition coefficient (Wildman–Crippen LogP) is 3.34. The first-order valence-electron chi connectivity index (χ1n) is 7.31. The summed E-state index contributed by atoms with van der Waals surface area (Å²) in [6.45, 7) is 1.01. The Hall–Kier alpha value is -2.90. The molecule has 0 saturated heterocycles. The molecule has 132 valence electrons. The number of hydrogen-bond donors (Lipinski definition) is 1. The zero-order valence-corrected chi connectivity index (χ0v) is 13.2. The third-order valence-electron chi connectivity index (χ3n) is 3.39. The minimum absolute atomic E-state index is 0.0306. The molecule has 4 nitrogen and oxygen atoms in total. The van der Waals surface area contributed by atoms with E-state index in [1.54, 1.807) is 0 Å². The average molecular weight is 354 g/mol. The second-order valence-corrected chi connectivity index (χ2v) is 5.09. The van der Waals surface area contributed by atoms with Gasteiger partial charge in [0, 0.05) is 12.6 Å². The molecule has 2 aromatic rings. The number of hydrogen-bond acceptors (Lipinski definition) is 2. The first-order valence-corrected chi connectivity index (χ1v) is 7.31. The number of carbonyl (C=O) groups is 2. The maximum absolute atomic E-state index is 13.7. The number of rotatable bonds is 5. The Labute approximate surface area is 141 Å². The molecule has 2 rings (SSSR count). The maximum atomic E-state index is 13.7. The lowest BCUT2D eigenvalue weighted by atomic mass is 10.1. The van der Waals surface area contributed by atoms with E-state index < -0.39 is 52.9 Å². The van der Waals surface area contributed by atoms with Crippen LogP contribution in [-0.4, -0.2) is 29.8 Å². The lowest BCUT2D eigenvalue weighted by Gasteiger charge is -2.21. The van der Waals surface area contributed by atoms with Crippen LogP contribution in [0.3, 0.4) is 0 Å². The van der Waals surface area contributed by atoms with E-state index in [4.69, 9.17) is 0 Å². The Bertz CT molecular complexity index is 791. The van der Waals surface area contributed by atoms with Gasteiger partial charge in [-0.3, -0.25) is 9.59 Å². The Morgan fingerprint density at radius 1 is 1.00 bits per heavy atom. The van der Waals surface area contributed by atoms with Crippen LogP contribution in [-0.2, 0) is 4.79 Å². The van der Waals surface area contributed by atoms with Crippen molar-refractivity contribution in [3.05, 3.63) is 65.2 Å². The molecular formula is C17H14F4N2O2. The van der Waals surface area contributed by atoms with Crippen LogP contribution in [0.1, 0.15) is 17.3 Å². The summed E-state index contributed by atoms with van der Waals surface area (Å²) in [5.74, 6) is -5.54. The van der Waals surface area contributed by atoms with E-state index in [9.17, 15) is 27.2 Å². The van der Waals surface area contributed by atoms with Crippen LogP contribution in [0.4, 0.5) is 23.2 Å². The highest BCUT2D eigenvalue weighted by atomic mass is 19.1. The molecule has 0 bridgehead atoms. The molecule has 0 aliphatic carbocycles. The lowest BCUT2D eigenvalue weighted by Crippen LogP contribution is -2.38. The van der Waals surface area contributed by atoms with Gasteiger partial charge >= 0.3 is 0 Å². The molecule has 25 heavy (non-hydrogen) atoms. The largest absolute Gasteiger partial charge is 0.330 e. The number of anilines is 1. The summed E-state index contributed by atoms with van der Waals surface area (Å²) in [7, 11) is 0. The SMILES string of the molecule is CCN(CC(=O)Nc1c(F)cccc1F)C(=O)c1ccc(F)cc1F. The minimum Gasteiger partial charge on any atom is -0.330 e. The fourth-order valence-electron chi connectivity index (χ4n) is 2.13. The average Bonchev–Trinajstić information content (AvgIpc) is 2.55. The predicted molar refractivity (Wildman–Crippen MR) is 82.9 cm³/mol. The van der Waals surface area contributed by atoms with Crippen LogP contribution >= 0.6 is 0 Å². The van der Waals surface area contributed by atoms with Crippen molar-refractivity contribution < 1.29 is 27.2 Å². The zero-order valence-electron chi connectivity index (χ0n) is 13.2. The third-order valence-corrected chi connectivity index (χ3v) is 3.39. The van der Waals surface area contributed by atoms with Crippen molar-refractivity contribution in [3.63, 3.8) is 0 Å². The molecule has 0 saturated carbocycles.